The Labute approximate surface area is 132 Å². The van der Waals surface area contributed by atoms with Crippen molar-refractivity contribution in [2.45, 2.75) is 6.61 Å². The van der Waals surface area contributed by atoms with Crippen molar-refractivity contribution >= 4 is 23.2 Å². The highest BCUT2D eigenvalue weighted by Gasteiger charge is 2.12. The van der Waals surface area contributed by atoms with Gasteiger partial charge in [0.1, 0.15) is 23.7 Å². The second-order valence-electron chi connectivity index (χ2n) is 4.58. The van der Waals surface area contributed by atoms with Crippen molar-refractivity contribution in [3.8, 4) is 5.75 Å². The van der Waals surface area contributed by atoms with Gasteiger partial charge in [0.2, 0.25) is 0 Å². The maximum Gasteiger partial charge on any atom is 0.355 e. The topological polar surface area (TPSA) is 52.8 Å². The van der Waals surface area contributed by atoms with Crippen LogP contribution in [0, 0.1) is 0 Å². The van der Waals surface area contributed by atoms with E-state index in [0.29, 0.717) is 27.8 Å². The number of carbonyl (C=O) groups excluding carboxylic acids is 1. The van der Waals surface area contributed by atoms with E-state index in [4.69, 9.17) is 21.1 Å². The predicted octanol–water partition coefficient (Wildman–Crippen LogP) is 3.35. The van der Waals surface area contributed by atoms with Crippen LogP contribution in [-0.2, 0) is 11.3 Å². The van der Waals surface area contributed by atoms with Crippen molar-refractivity contribution in [1.82, 2.24) is 9.38 Å². The van der Waals surface area contributed by atoms with E-state index >= 15 is 0 Å². The van der Waals surface area contributed by atoms with Gasteiger partial charge in [-0.2, -0.15) is 0 Å². The number of methoxy groups -OCH3 is 1. The quantitative estimate of drug-likeness (QED) is 0.693. The number of ether oxygens (including phenoxy) is 2. The van der Waals surface area contributed by atoms with Crippen molar-refractivity contribution in [2.24, 2.45) is 0 Å². The monoisotopic (exact) mass is 316 g/mol. The lowest BCUT2D eigenvalue weighted by Crippen LogP contribution is -2.07. The van der Waals surface area contributed by atoms with Crippen LogP contribution in [0.1, 0.15) is 16.2 Å². The van der Waals surface area contributed by atoms with Crippen LogP contribution in [0.2, 0.25) is 5.02 Å². The van der Waals surface area contributed by atoms with Gasteiger partial charge in [0, 0.05) is 6.20 Å². The molecule has 0 atom stereocenters. The molecule has 22 heavy (non-hydrogen) atoms. The molecule has 2 aromatic heterocycles. The molecule has 0 aliphatic heterocycles. The molecule has 0 aliphatic rings. The van der Waals surface area contributed by atoms with E-state index in [0.717, 1.165) is 0 Å². The van der Waals surface area contributed by atoms with Crippen LogP contribution in [-0.4, -0.2) is 22.5 Å². The number of carbonyl (C=O) groups is 1. The molecule has 0 bridgehead atoms. The highest BCUT2D eigenvalue weighted by Crippen LogP contribution is 2.24. The summed E-state index contributed by atoms with van der Waals surface area (Å²) in [5, 5.41) is 0.543. The zero-order valence-corrected chi connectivity index (χ0v) is 12.6. The number of nitrogens with zero attached hydrogens (tertiary/aromatic N) is 2. The molecule has 0 N–H and O–H groups in total. The van der Waals surface area contributed by atoms with E-state index in [2.05, 4.69) is 4.98 Å². The van der Waals surface area contributed by atoms with E-state index in [1.165, 1.54) is 7.11 Å². The molecule has 3 rings (SSSR count). The highest BCUT2D eigenvalue weighted by atomic mass is 35.5. The first-order valence-electron chi connectivity index (χ1n) is 6.61. The molecule has 5 nitrogen and oxygen atoms in total. The molecular weight excluding hydrogens is 304 g/mol. The number of halogens is 1. The number of hydrogen-bond acceptors (Lipinski definition) is 4. The summed E-state index contributed by atoms with van der Waals surface area (Å²) in [5.74, 6) is 0.177. The zero-order valence-electron chi connectivity index (χ0n) is 11.8. The summed E-state index contributed by atoms with van der Waals surface area (Å²) in [6.07, 6.45) is 1.75. The largest absolute Gasteiger partial charge is 0.486 e. The Hall–Kier alpha value is -2.53. The van der Waals surface area contributed by atoms with Crippen LogP contribution in [0.4, 0.5) is 0 Å². The van der Waals surface area contributed by atoms with Crippen LogP contribution in [0.5, 0.6) is 5.75 Å². The number of pyridine rings is 1. The highest BCUT2D eigenvalue weighted by molar-refractivity contribution is 6.32. The van der Waals surface area contributed by atoms with Crippen LogP contribution < -0.4 is 4.74 Å². The molecule has 0 unspecified atom stereocenters. The molecule has 0 amide bonds. The first kappa shape index (κ1) is 14.4. The average molecular weight is 317 g/mol. The summed E-state index contributed by atoms with van der Waals surface area (Å²) in [6.45, 7) is 0.256. The Balaban J connectivity index is 1.86. The van der Waals surface area contributed by atoms with E-state index in [-0.39, 0.29) is 6.61 Å². The molecular formula is C16H13ClN2O3. The second-order valence-corrected chi connectivity index (χ2v) is 4.99. The maximum atomic E-state index is 11.7. The number of esters is 1. The lowest BCUT2D eigenvalue weighted by molar-refractivity contribution is 0.0592. The van der Waals surface area contributed by atoms with Gasteiger partial charge in [-0.15, -0.1) is 0 Å². The van der Waals surface area contributed by atoms with Crippen LogP contribution in [0.25, 0.3) is 5.65 Å². The van der Waals surface area contributed by atoms with Gasteiger partial charge in [-0.25, -0.2) is 9.78 Å². The molecule has 0 spiro atoms. The Morgan fingerprint density at radius 2 is 2.05 bits per heavy atom. The third-order valence-corrected chi connectivity index (χ3v) is 3.46. The lowest BCUT2D eigenvalue weighted by Gasteiger charge is -2.05. The van der Waals surface area contributed by atoms with Crippen molar-refractivity contribution in [1.29, 1.82) is 0 Å². The first-order valence-corrected chi connectivity index (χ1v) is 6.99. The fourth-order valence-corrected chi connectivity index (χ4v) is 2.31. The van der Waals surface area contributed by atoms with E-state index in [1.807, 2.05) is 18.2 Å². The lowest BCUT2D eigenvalue weighted by atomic mass is 10.3. The zero-order chi connectivity index (χ0) is 15.5. The van der Waals surface area contributed by atoms with E-state index in [1.54, 1.807) is 34.9 Å². The molecule has 0 saturated heterocycles. The normalized spacial score (nSPS) is 10.6. The van der Waals surface area contributed by atoms with Gasteiger partial charge in [-0.1, -0.05) is 29.8 Å². The van der Waals surface area contributed by atoms with Crippen molar-refractivity contribution in [2.75, 3.05) is 7.11 Å². The van der Waals surface area contributed by atoms with Gasteiger partial charge < -0.3 is 9.47 Å². The molecule has 112 valence electrons. The minimum Gasteiger partial charge on any atom is -0.486 e. The molecule has 2 heterocycles. The van der Waals surface area contributed by atoms with Crippen molar-refractivity contribution < 1.29 is 14.3 Å². The maximum absolute atomic E-state index is 11.7. The number of imidazole rings is 1. The Kier molecular flexibility index (Phi) is 3.98. The van der Waals surface area contributed by atoms with Gasteiger partial charge in [-0.3, -0.25) is 4.40 Å². The first-order chi connectivity index (χ1) is 10.7. The predicted molar refractivity (Wildman–Crippen MR) is 82.3 cm³/mol. The van der Waals surface area contributed by atoms with Gasteiger partial charge in [-0.05, 0) is 24.3 Å². The van der Waals surface area contributed by atoms with Crippen LogP contribution >= 0.6 is 11.6 Å². The van der Waals surface area contributed by atoms with Gasteiger partial charge in [0.15, 0.2) is 0 Å². The minimum absolute atomic E-state index is 0.256. The summed E-state index contributed by atoms with van der Waals surface area (Å²) in [4.78, 5) is 16.2. The fraction of sp³-hybridized carbons (Fsp3) is 0.125. The Bertz CT molecular complexity index is 829. The van der Waals surface area contributed by atoms with Crippen LogP contribution in [0.3, 0.4) is 0 Å². The smallest absolute Gasteiger partial charge is 0.355 e. The number of fused-ring (bicyclic) bond motifs is 1. The summed E-state index contributed by atoms with van der Waals surface area (Å²) in [6, 6.07) is 12.5. The van der Waals surface area contributed by atoms with Crippen LogP contribution in [0.15, 0.2) is 48.7 Å². The van der Waals surface area contributed by atoms with E-state index < -0.39 is 5.97 Å². The summed E-state index contributed by atoms with van der Waals surface area (Å²) in [5.41, 5.74) is 1.76. The molecule has 0 saturated carbocycles. The van der Waals surface area contributed by atoms with Gasteiger partial charge in [0.05, 0.1) is 17.8 Å². The molecule has 1 aromatic carbocycles. The average Bonchev–Trinajstić information content (AvgIpc) is 2.96. The van der Waals surface area contributed by atoms with E-state index in [9.17, 15) is 4.79 Å². The number of rotatable bonds is 4. The molecule has 0 radical (unpaired) electrons. The number of aromatic nitrogens is 2. The second kappa shape index (κ2) is 6.07. The number of para-hydroxylation sites is 1. The van der Waals surface area contributed by atoms with Crippen molar-refractivity contribution in [3.63, 3.8) is 0 Å². The summed E-state index contributed by atoms with van der Waals surface area (Å²) in [7, 11) is 1.35. The SMILES string of the molecule is COC(=O)c1cccc2nc(COc3ccccc3Cl)cn12. The summed E-state index contributed by atoms with van der Waals surface area (Å²) < 4.78 is 12.1. The summed E-state index contributed by atoms with van der Waals surface area (Å²) >= 11 is 6.04. The Morgan fingerprint density at radius 3 is 2.82 bits per heavy atom. The Morgan fingerprint density at radius 1 is 1.23 bits per heavy atom. The van der Waals surface area contributed by atoms with Crippen molar-refractivity contribution in [3.05, 3.63) is 65.1 Å². The minimum atomic E-state index is -0.415. The molecule has 0 fully saturated rings. The standard InChI is InChI=1S/C16H13ClN2O3/c1-21-16(20)13-6-4-8-15-18-11(9-19(13)15)10-22-14-7-3-2-5-12(14)17/h2-9H,10H2,1H3. The molecule has 3 aromatic rings. The third-order valence-electron chi connectivity index (χ3n) is 3.15. The molecule has 0 aliphatic carbocycles. The third kappa shape index (κ3) is 2.76. The van der Waals surface area contributed by atoms with Gasteiger partial charge in [0.25, 0.3) is 0 Å². The fourth-order valence-electron chi connectivity index (χ4n) is 2.12. The molecule has 6 heteroatoms. The van der Waals surface area contributed by atoms with Gasteiger partial charge >= 0.3 is 5.97 Å². The number of hydrogen-bond donors (Lipinski definition) is 0. The number of benzene rings is 1.